The summed E-state index contributed by atoms with van der Waals surface area (Å²) < 4.78 is 11.1. The maximum atomic E-state index is 12.5. The highest BCUT2D eigenvalue weighted by Gasteiger charge is 2.23. The molecule has 0 radical (unpaired) electrons. The molecular formula is C24H25ClN4O3. The van der Waals surface area contributed by atoms with Gasteiger partial charge in [-0.25, -0.2) is 9.97 Å². The van der Waals surface area contributed by atoms with E-state index in [1.165, 1.54) is 0 Å². The van der Waals surface area contributed by atoms with Crippen LogP contribution in [-0.4, -0.2) is 60.2 Å². The molecule has 0 aliphatic carbocycles. The summed E-state index contributed by atoms with van der Waals surface area (Å²) in [7, 11) is 0. The van der Waals surface area contributed by atoms with Gasteiger partial charge < -0.3 is 19.3 Å². The second kappa shape index (κ2) is 10.3. The third-order valence-corrected chi connectivity index (χ3v) is 5.41. The fourth-order valence-electron chi connectivity index (χ4n) is 3.50. The monoisotopic (exact) mass is 452 g/mol. The van der Waals surface area contributed by atoms with Gasteiger partial charge in [0.25, 0.3) is 5.91 Å². The molecule has 0 saturated carbocycles. The first kappa shape index (κ1) is 21.9. The predicted octanol–water partition coefficient (Wildman–Crippen LogP) is 3.92. The zero-order valence-corrected chi connectivity index (χ0v) is 18.7. The lowest BCUT2D eigenvalue weighted by atomic mass is 10.1. The van der Waals surface area contributed by atoms with E-state index in [-0.39, 0.29) is 12.5 Å². The highest BCUT2D eigenvalue weighted by molar-refractivity contribution is 6.30. The van der Waals surface area contributed by atoms with Gasteiger partial charge in [-0.1, -0.05) is 17.7 Å². The van der Waals surface area contributed by atoms with Crippen LogP contribution in [0.4, 0.5) is 5.95 Å². The van der Waals surface area contributed by atoms with E-state index in [9.17, 15) is 4.79 Å². The zero-order valence-electron chi connectivity index (χ0n) is 17.9. The molecule has 32 heavy (non-hydrogen) atoms. The summed E-state index contributed by atoms with van der Waals surface area (Å²) in [6.07, 6.45) is 1.77. The van der Waals surface area contributed by atoms with Gasteiger partial charge in [0, 0.05) is 43.0 Å². The number of benzene rings is 2. The number of nitrogens with zero attached hydrogens (tertiary/aromatic N) is 4. The topological polar surface area (TPSA) is 67.8 Å². The number of hydrogen-bond donors (Lipinski definition) is 0. The van der Waals surface area contributed by atoms with Crippen LogP contribution < -0.4 is 14.4 Å². The van der Waals surface area contributed by atoms with Crippen LogP contribution in [-0.2, 0) is 4.79 Å². The third kappa shape index (κ3) is 5.48. The van der Waals surface area contributed by atoms with Crippen molar-refractivity contribution in [2.75, 3.05) is 44.3 Å². The van der Waals surface area contributed by atoms with Crippen molar-refractivity contribution in [3.8, 4) is 22.8 Å². The van der Waals surface area contributed by atoms with Gasteiger partial charge in [0.2, 0.25) is 5.95 Å². The Balaban J connectivity index is 1.33. The fourth-order valence-corrected chi connectivity index (χ4v) is 3.68. The van der Waals surface area contributed by atoms with Gasteiger partial charge in [0.15, 0.2) is 6.61 Å². The van der Waals surface area contributed by atoms with Crippen LogP contribution in [0, 0.1) is 0 Å². The van der Waals surface area contributed by atoms with Gasteiger partial charge in [-0.3, -0.25) is 4.79 Å². The molecule has 1 aromatic heterocycles. The number of anilines is 1. The lowest BCUT2D eigenvalue weighted by Gasteiger charge is -2.34. The Morgan fingerprint density at radius 3 is 2.50 bits per heavy atom. The zero-order chi connectivity index (χ0) is 22.3. The van der Waals surface area contributed by atoms with Gasteiger partial charge in [-0.2, -0.15) is 0 Å². The first-order valence-electron chi connectivity index (χ1n) is 10.6. The van der Waals surface area contributed by atoms with E-state index in [2.05, 4.69) is 9.88 Å². The second-order valence-corrected chi connectivity index (χ2v) is 7.75. The van der Waals surface area contributed by atoms with Crippen LogP contribution in [0.3, 0.4) is 0 Å². The van der Waals surface area contributed by atoms with Crippen molar-refractivity contribution in [2.24, 2.45) is 0 Å². The van der Waals surface area contributed by atoms with Crippen LogP contribution in [0.15, 0.2) is 60.8 Å². The van der Waals surface area contributed by atoms with Crippen LogP contribution >= 0.6 is 11.6 Å². The van der Waals surface area contributed by atoms with Crippen LogP contribution in [0.5, 0.6) is 11.5 Å². The quantitative estimate of drug-likeness (QED) is 0.541. The molecule has 1 aliphatic heterocycles. The Bertz CT molecular complexity index is 1050. The molecule has 0 atom stereocenters. The van der Waals surface area contributed by atoms with Crippen molar-refractivity contribution in [3.63, 3.8) is 0 Å². The van der Waals surface area contributed by atoms with Gasteiger partial charge in [-0.15, -0.1) is 0 Å². The van der Waals surface area contributed by atoms with E-state index < -0.39 is 0 Å². The minimum absolute atomic E-state index is 0.00985. The molecule has 1 aliphatic rings. The first-order chi connectivity index (χ1) is 15.6. The summed E-state index contributed by atoms with van der Waals surface area (Å²) in [4.78, 5) is 25.6. The number of rotatable bonds is 7. The van der Waals surface area contributed by atoms with Crippen molar-refractivity contribution in [1.82, 2.24) is 14.9 Å². The Kier molecular flexibility index (Phi) is 7.07. The summed E-state index contributed by atoms with van der Waals surface area (Å²) in [5.74, 6) is 2.04. The smallest absolute Gasteiger partial charge is 0.260 e. The van der Waals surface area contributed by atoms with E-state index in [1.807, 2.05) is 37.3 Å². The Hall–Kier alpha value is -3.32. The van der Waals surface area contributed by atoms with Crippen LogP contribution in [0.25, 0.3) is 11.3 Å². The summed E-state index contributed by atoms with van der Waals surface area (Å²) >= 11 is 5.95. The highest BCUT2D eigenvalue weighted by Crippen LogP contribution is 2.23. The van der Waals surface area contributed by atoms with Crippen molar-refractivity contribution < 1.29 is 14.3 Å². The number of amides is 1. The maximum Gasteiger partial charge on any atom is 0.260 e. The summed E-state index contributed by atoms with van der Waals surface area (Å²) in [5, 5.41) is 0.580. The lowest BCUT2D eigenvalue weighted by molar-refractivity contribution is -0.133. The normalized spacial score (nSPS) is 13.7. The number of ether oxygens (including phenoxy) is 2. The number of carbonyl (C=O) groups excluding carboxylic acids is 1. The van der Waals surface area contributed by atoms with Crippen molar-refractivity contribution >= 4 is 23.5 Å². The molecule has 3 aromatic rings. The number of aromatic nitrogens is 2. The fraction of sp³-hybridized carbons (Fsp3) is 0.292. The standard InChI is InChI=1S/C24H25ClN4O3/c1-2-31-20-8-6-18(7-9-20)22-10-11-26-24(27-22)29-14-12-28(13-15-29)23(30)17-32-21-5-3-4-19(25)16-21/h3-11,16H,2,12-15,17H2,1H3. The highest BCUT2D eigenvalue weighted by atomic mass is 35.5. The van der Waals surface area contributed by atoms with Gasteiger partial charge in [-0.05, 0) is 55.5 Å². The molecule has 2 heterocycles. The molecule has 4 rings (SSSR count). The summed E-state index contributed by atoms with van der Waals surface area (Å²) in [5.41, 5.74) is 1.86. The average Bonchev–Trinajstić information content (AvgIpc) is 2.83. The van der Waals surface area contributed by atoms with Gasteiger partial charge in [0.1, 0.15) is 11.5 Å². The Labute approximate surface area is 192 Å². The molecule has 0 bridgehead atoms. The number of carbonyl (C=O) groups is 1. The minimum Gasteiger partial charge on any atom is -0.494 e. The molecule has 7 nitrogen and oxygen atoms in total. The Morgan fingerprint density at radius 1 is 1.00 bits per heavy atom. The largest absolute Gasteiger partial charge is 0.494 e. The van der Waals surface area contributed by atoms with Crippen molar-refractivity contribution in [2.45, 2.75) is 6.92 Å². The molecule has 1 amide bonds. The third-order valence-electron chi connectivity index (χ3n) is 5.18. The van der Waals surface area contributed by atoms with E-state index in [0.717, 1.165) is 17.0 Å². The predicted molar refractivity (Wildman–Crippen MR) is 124 cm³/mol. The molecule has 166 valence electrons. The maximum absolute atomic E-state index is 12.5. The lowest BCUT2D eigenvalue weighted by Crippen LogP contribution is -2.50. The van der Waals surface area contributed by atoms with Crippen LogP contribution in [0.2, 0.25) is 5.02 Å². The van der Waals surface area contributed by atoms with Gasteiger partial charge >= 0.3 is 0 Å². The van der Waals surface area contributed by atoms with Crippen molar-refractivity contribution in [1.29, 1.82) is 0 Å². The average molecular weight is 453 g/mol. The SMILES string of the molecule is CCOc1ccc(-c2ccnc(N3CCN(C(=O)COc4cccc(Cl)c4)CC3)n2)cc1. The molecular weight excluding hydrogens is 428 g/mol. The number of halogens is 1. The molecule has 8 heteroatoms. The second-order valence-electron chi connectivity index (χ2n) is 7.31. The molecule has 1 fully saturated rings. The summed E-state index contributed by atoms with van der Waals surface area (Å²) in [6.45, 7) is 5.10. The molecule has 0 spiro atoms. The van der Waals surface area contributed by atoms with E-state index in [1.54, 1.807) is 35.4 Å². The van der Waals surface area contributed by atoms with E-state index >= 15 is 0 Å². The number of piperazine rings is 1. The van der Waals surface area contributed by atoms with E-state index in [0.29, 0.717) is 49.5 Å². The summed E-state index contributed by atoms with van der Waals surface area (Å²) in [6, 6.07) is 16.8. The molecule has 0 N–H and O–H groups in total. The van der Waals surface area contributed by atoms with Crippen molar-refractivity contribution in [3.05, 3.63) is 65.8 Å². The molecule has 1 saturated heterocycles. The molecule has 2 aromatic carbocycles. The number of hydrogen-bond acceptors (Lipinski definition) is 6. The van der Waals surface area contributed by atoms with Gasteiger partial charge in [0.05, 0.1) is 12.3 Å². The van der Waals surface area contributed by atoms with Crippen LogP contribution in [0.1, 0.15) is 6.92 Å². The first-order valence-corrected chi connectivity index (χ1v) is 11.0. The van der Waals surface area contributed by atoms with E-state index in [4.69, 9.17) is 26.1 Å². The Morgan fingerprint density at radius 2 is 1.78 bits per heavy atom. The molecule has 0 unspecified atom stereocenters. The minimum atomic E-state index is -0.0475.